The highest BCUT2D eigenvalue weighted by Gasteiger charge is 2.06. The van der Waals surface area contributed by atoms with Crippen LogP contribution in [0.1, 0.15) is 1.43 Å². The van der Waals surface area contributed by atoms with E-state index in [2.05, 4.69) is 28.2 Å². The van der Waals surface area contributed by atoms with Gasteiger partial charge in [-0.3, -0.25) is 5.32 Å². The summed E-state index contributed by atoms with van der Waals surface area (Å²) < 4.78 is 9.38. The molecule has 1 aromatic rings. The Bertz CT molecular complexity index is 385. The van der Waals surface area contributed by atoms with Crippen LogP contribution in [-0.4, -0.2) is 11.2 Å². The third kappa shape index (κ3) is 3.51. The lowest BCUT2D eigenvalue weighted by molar-refractivity contribution is 0.194. The fraction of sp³-hybridized carbons (Fsp3) is 0. The molecule has 0 aromatic carbocycles. The SMILES string of the molecule is C=C/C=C(\C=C)OC(=O)Nc1ccon1.[HH]. The predicted octanol–water partition coefficient (Wildman–Crippen LogP) is 2.73. The summed E-state index contributed by atoms with van der Waals surface area (Å²) in [4.78, 5) is 11.2. The van der Waals surface area contributed by atoms with Crippen LogP contribution >= 0.6 is 0 Å². The van der Waals surface area contributed by atoms with Gasteiger partial charge >= 0.3 is 6.09 Å². The number of carbonyl (C=O) groups is 1. The van der Waals surface area contributed by atoms with Crippen molar-refractivity contribution in [1.29, 1.82) is 0 Å². The fourth-order valence-corrected chi connectivity index (χ4v) is 0.774. The minimum absolute atomic E-state index is 0. The van der Waals surface area contributed by atoms with E-state index in [1.807, 2.05) is 0 Å². The summed E-state index contributed by atoms with van der Waals surface area (Å²) in [5, 5.41) is 5.84. The van der Waals surface area contributed by atoms with E-state index in [-0.39, 0.29) is 7.24 Å². The Morgan fingerprint density at radius 1 is 1.67 bits per heavy atom. The van der Waals surface area contributed by atoms with Crippen LogP contribution in [-0.2, 0) is 4.74 Å². The summed E-state index contributed by atoms with van der Waals surface area (Å²) in [6.45, 7) is 6.94. The van der Waals surface area contributed by atoms with E-state index in [9.17, 15) is 4.79 Å². The zero-order valence-corrected chi connectivity index (χ0v) is 7.97. The highest BCUT2D eigenvalue weighted by atomic mass is 16.6. The van der Waals surface area contributed by atoms with E-state index < -0.39 is 6.09 Å². The average Bonchev–Trinajstić information content (AvgIpc) is 2.69. The summed E-state index contributed by atoms with van der Waals surface area (Å²) in [6.07, 6.45) is 5.06. The summed E-state index contributed by atoms with van der Waals surface area (Å²) in [6, 6.07) is 1.49. The quantitative estimate of drug-likeness (QED) is 0.610. The first-order valence-electron chi connectivity index (χ1n) is 4.10. The van der Waals surface area contributed by atoms with Gasteiger partial charge in [0, 0.05) is 7.49 Å². The first-order chi connectivity index (χ1) is 7.26. The van der Waals surface area contributed by atoms with Gasteiger partial charge in [0.25, 0.3) is 0 Å². The molecule has 0 fully saturated rings. The molecule has 0 radical (unpaired) electrons. The normalized spacial score (nSPS) is 10.5. The lowest BCUT2D eigenvalue weighted by Crippen LogP contribution is -2.12. The zero-order chi connectivity index (χ0) is 11.1. The highest BCUT2D eigenvalue weighted by molar-refractivity contribution is 5.84. The smallest absolute Gasteiger partial charge is 0.410 e. The van der Waals surface area contributed by atoms with Crippen LogP contribution in [0.2, 0.25) is 0 Å². The fourth-order valence-electron chi connectivity index (χ4n) is 0.774. The van der Waals surface area contributed by atoms with Crippen LogP contribution in [0.3, 0.4) is 0 Å². The lowest BCUT2D eigenvalue weighted by Gasteiger charge is -2.03. The number of hydrogen-bond acceptors (Lipinski definition) is 4. The molecule has 0 aliphatic heterocycles. The summed E-state index contributed by atoms with van der Waals surface area (Å²) in [7, 11) is 0. The van der Waals surface area contributed by atoms with E-state index in [1.54, 1.807) is 0 Å². The molecule has 0 aliphatic rings. The van der Waals surface area contributed by atoms with E-state index in [0.717, 1.165) is 0 Å². The van der Waals surface area contributed by atoms with Crippen molar-refractivity contribution >= 4 is 11.9 Å². The molecule has 0 atom stereocenters. The molecule has 1 amide bonds. The number of amides is 1. The van der Waals surface area contributed by atoms with Gasteiger partial charge in [0.05, 0.1) is 0 Å². The van der Waals surface area contributed by atoms with Gasteiger partial charge in [0.15, 0.2) is 5.82 Å². The van der Waals surface area contributed by atoms with Crippen LogP contribution < -0.4 is 5.32 Å². The molecule has 1 heterocycles. The monoisotopic (exact) mass is 208 g/mol. The standard InChI is InChI=1S/C10H10N2O3.H2/c1-3-5-8(4-2)15-10(13)11-9-6-7-14-12-9;/h3-7H,1-2H2,(H,11,12,13);1H/b8-5+;. The van der Waals surface area contributed by atoms with Crippen LogP contribution in [0.15, 0.2) is 54.0 Å². The van der Waals surface area contributed by atoms with E-state index in [0.29, 0.717) is 5.76 Å². The van der Waals surface area contributed by atoms with Crippen molar-refractivity contribution in [3.63, 3.8) is 0 Å². The molecule has 0 aliphatic carbocycles. The first-order valence-corrected chi connectivity index (χ1v) is 4.10. The summed E-state index contributed by atoms with van der Waals surface area (Å²) >= 11 is 0. The van der Waals surface area contributed by atoms with Crippen molar-refractivity contribution in [3.8, 4) is 0 Å². The second-order valence-electron chi connectivity index (χ2n) is 2.41. The van der Waals surface area contributed by atoms with Crippen LogP contribution in [0.25, 0.3) is 0 Å². The molecule has 5 nitrogen and oxygen atoms in total. The second kappa shape index (κ2) is 5.43. The number of rotatable bonds is 4. The number of nitrogens with zero attached hydrogens (tertiary/aromatic N) is 1. The third-order valence-corrected chi connectivity index (χ3v) is 1.36. The molecule has 5 heteroatoms. The van der Waals surface area contributed by atoms with Gasteiger partial charge in [-0.2, -0.15) is 0 Å². The highest BCUT2D eigenvalue weighted by Crippen LogP contribution is 2.05. The predicted molar refractivity (Wildman–Crippen MR) is 57.2 cm³/mol. The Balaban J connectivity index is 0.00000225. The number of allylic oxidation sites excluding steroid dienone is 3. The lowest BCUT2D eigenvalue weighted by atomic mass is 10.4. The maximum absolute atomic E-state index is 11.2. The Kier molecular flexibility index (Phi) is 3.91. The van der Waals surface area contributed by atoms with Crippen molar-refractivity contribution in [2.24, 2.45) is 0 Å². The van der Waals surface area contributed by atoms with Gasteiger partial charge in [0.2, 0.25) is 0 Å². The van der Waals surface area contributed by atoms with Gasteiger partial charge in [-0.1, -0.05) is 24.4 Å². The number of hydrogen-bond donors (Lipinski definition) is 1. The number of ether oxygens (including phenoxy) is 1. The number of aromatic nitrogens is 1. The molecule has 1 aromatic heterocycles. The minimum atomic E-state index is -0.670. The van der Waals surface area contributed by atoms with Crippen molar-refractivity contribution < 1.29 is 15.5 Å². The Morgan fingerprint density at radius 2 is 2.47 bits per heavy atom. The van der Waals surface area contributed by atoms with E-state index in [4.69, 9.17) is 4.74 Å². The largest absolute Gasteiger partial charge is 0.418 e. The van der Waals surface area contributed by atoms with Gasteiger partial charge < -0.3 is 9.26 Å². The Labute approximate surface area is 88.2 Å². The molecule has 0 spiro atoms. The first kappa shape index (κ1) is 10.8. The molecule has 0 bridgehead atoms. The van der Waals surface area contributed by atoms with E-state index >= 15 is 0 Å². The van der Waals surface area contributed by atoms with Crippen molar-refractivity contribution in [2.45, 2.75) is 0 Å². The molecule has 80 valence electrons. The summed E-state index contributed by atoms with van der Waals surface area (Å²) in [5.41, 5.74) is 0. The van der Waals surface area contributed by atoms with Gasteiger partial charge in [0.1, 0.15) is 12.0 Å². The molecule has 1 rings (SSSR count). The van der Waals surface area contributed by atoms with Crippen molar-refractivity contribution in [2.75, 3.05) is 5.32 Å². The molecular weight excluding hydrogens is 196 g/mol. The minimum Gasteiger partial charge on any atom is -0.410 e. The zero-order valence-electron chi connectivity index (χ0n) is 7.97. The molecule has 0 saturated carbocycles. The van der Waals surface area contributed by atoms with Crippen LogP contribution in [0.5, 0.6) is 0 Å². The molecule has 0 saturated heterocycles. The summed E-state index contributed by atoms with van der Waals surface area (Å²) in [5.74, 6) is 0.577. The van der Waals surface area contributed by atoms with Crippen molar-refractivity contribution in [3.05, 3.63) is 49.5 Å². The number of carbonyl (C=O) groups excluding carboxylic acids is 1. The third-order valence-electron chi connectivity index (χ3n) is 1.36. The topological polar surface area (TPSA) is 64.4 Å². The van der Waals surface area contributed by atoms with Crippen LogP contribution in [0.4, 0.5) is 10.6 Å². The maximum atomic E-state index is 11.2. The average molecular weight is 208 g/mol. The van der Waals surface area contributed by atoms with Gasteiger partial charge in [-0.05, 0) is 12.2 Å². The van der Waals surface area contributed by atoms with Gasteiger partial charge in [-0.15, -0.1) is 0 Å². The molecule has 1 N–H and O–H groups in total. The molecule has 15 heavy (non-hydrogen) atoms. The van der Waals surface area contributed by atoms with Crippen molar-refractivity contribution in [1.82, 2.24) is 5.16 Å². The number of anilines is 1. The van der Waals surface area contributed by atoms with E-state index in [1.165, 1.54) is 30.6 Å². The second-order valence-corrected chi connectivity index (χ2v) is 2.41. The number of nitrogens with one attached hydrogen (secondary N) is 1. The Morgan fingerprint density at radius 3 is 3.00 bits per heavy atom. The maximum Gasteiger partial charge on any atom is 0.418 e. The van der Waals surface area contributed by atoms with Gasteiger partial charge in [-0.25, -0.2) is 4.79 Å². The molecule has 0 unspecified atom stereocenters. The molecular formula is C10H12N2O3. The Hall–Kier alpha value is -2.30. The van der Waals surface area contributed by atoms with Crippen LogP contribution in [0, 0.1) is 0 Å².